The lowest BCUT2D eigenvalue weighted by atomic mass is 9.60. The first-order valence-corrected chi connectivity index (χ1v) is 9.65. The van der Waals surface area contributed by atoms with Crippen LogP contribution in [-0.4, -0.2) is 60.1 Å². The molecule has 148 valence electrons. The van der Waals surface area contributed by atoms with Crippen LogP contribution >= 0.6 is 0 Å². The third-order valence-electron chi connectivity index (χ3n) is 6.71. The smallest absolute Gasteiger partial charge is 0.316 e. The number of aliphatic hydroxyl groups is 1. The van der Waals surface area contributed by atoms with Crippen molar-refractivity contribution in [2.75, 3.05) is 27.3 Å². The van der Waals surface area contributed by atoms with Gasteiger partial charge in [0.1, 0.15) is 5.41 Å². The number of hydrogen-bond donors (Lipinski definition) is 2. The van der Waals surface area contributed by atoms with Crippen LogP contribution in [0.1, 0.15) is 29.4 Å². The molecule has 1 saturated heterocycles. The van der Waals surface area contributed by atoms with Crippen molar-refractivity contribution >= 4 is 22.7 Å². The molecule has 6 nitrogen and oxygen atoms in total. The SMILES string of the molecule is CC=C1CN(C)[C@H]2Cc3c([nH]c4ccccc34)C(=O)C[C@@H]1[C@]2(CO)C(=O)OC. The maximum Gasteiger partial charge on any atom is 0.316 e. The van der Waals surface area contributed by atoms with Crippen molar-refractivity contribution in [1.29, 1.82) is 0 Å². The highest BCUT2D eigenvalue weighted by Gasteiger charge is 2.58. The summed E-state index contributed by atoms with van der Waals surface area (Å²) >= 11 is 0. The summed E-state index contributed by atoms with van der Waals surface area (Å²) in [5.41, 5.74) is 2.28. The van der Waals surface area contributed by atoms with Gasteiger partial charge in [-0.15, -0.1) is 0 Å². The molecule has 0 unspecified atom stereocenters. The number of piperidine rings is 1. The lowest BCUT2D eigenvalue weighted by molar-refractivity contribution is -0.168. The number of nitrogens with zero attached hydrogens (tertiary/aromatic N) is 1. The summed E-state index contributed by atoms with van der Waals surface area (Å²) in [6, 6.07) is 7.57. The lowest BCUT2D eigenvalue weighted by Gasteiger charge is -2.52. The van der Waals surface area contributed by atoms with Crippen LogP contribution in [0.4, 0.5) is 0 Å². The minimum atomic E-state index is -1.17. The molecule has 1 aromatic carbocycles. The van der Waals surface area contributed by atoms with Gasteiger partial charge >= 0.3 is 5.97 Å². The van der Waals surface area contributed by atoms with Gasteiger partial charge in [0.2, 0.25) is 0 Å². The molecule has 2 N–H and O–H groups in total. The van der Waals surface area contributed by atoms with Crippen LogP contribution in [0.15, 0.2) is 35.9 Å². The van der Waals surface area contributed by atoms with Gasteiger partial charge in [-0.05, 0) is 32.0 Å². The van der Waals surface area contributed by atoms with Crippen LogP contribution in [0.5, 0.6) is 0 Å². The Labute approximate surface area is 164 Å². The van der Waals surface area contributed by atoms with Gasteiger partial charge < -0.3 is 14.8 Å². The fourth-order valence-electron chi connectivity index (χ4n) is 5.29. The maximum atomic E-state index is 13.3. The van der Waals surface area contributed by atoms with Crippen LogP contribution < -0.4 is 0 Å². The summed E-state index contributed by atoms with van der Waals surface area (Å²) in [4.78, 5) is 31.8. The summed E-state index contributed by atoms with van der Waals surface area (Å²) in [6.45, 7) is 2.22. The van der Waals surface area contributed by atoms with Crippen LogP contribution in [0, 0.1) is 11.3 Å². The van der Waals surface area contributed by atoms with Gasteiger partial charge in [0.05, 0.1) is 19.4 Å². The molecule has 2 aromatic rings. The second kappa shape index (κ2) is 6.87. The highest BCUT2D eigenvalue weighted by molar-refractivity contribution is 6.03. The fraction of sp³-hybridized carbons (Fsp3) is 0.455. The molecule has 0 radical (unpaired) electrons. The number of benzene rings is 1. The number of aliphatic hydroxyl groups excluding tert-OH is 1. The summed E-state index contributed by atoms with van der Waals surface area (Å²) in [7, 11) is 3.32. The third kappa shape index (κ3) is 2.48. The third-order valence-corrected chi connectivity index (χ3v) is 6.71. The average Bonchev–Trinajstić information content (AvgIpc) is 3.07. The van der Waals surface area contributed by atoms with Crippen molar-refractivity contribution in [1.82, 2.24) is 9.88 Å². The fourth-order valence-corrected chi connectivity index (χ4v) is 5.29. The number of methoxy groups -OCH3 is 1. The number of ketones is 1. The zero-order chi connectivity index (χ0) is 20.1. The molecule has 0 amide bonds. The number of likely N-dealkylation sites (N-methyl/N-ethyl adjacent to an activating group) is 1. The van der Waals surface area contributed by atoms with Crippen LogP contribution in [0.2, 0.25) is 0 Å². The number of aromatic nitrogens is 1. The number of ether oxygens (including phenoxy) is 1. The van der Waals surface area contributed by atoms with Crippen LogP contribution in [0.3, 0.4) is 0 Å². The van der Waals surface area contributed by atoms with E-state index in [1.165, 1.54) is 7.11 Å². The predicted molar refractivity (Wildman–Crippen MR) is 106 cm³/mol. The van der Waals surface area contributed by atoms with E-state index in [2.05, 4.69) is 9.88 Å². The van der Waals surface area contributed by atoms with Crippen LogP contribution in [-0.2, 0) is 16.0 Å². The first-order chi connectivity index (χ1) is 13.5. The largest absolute Gasteiger partial charge is 0.468 e. The molecule has 1 aromatic heterocycles. The van der Waals surface area contributed by atoms with Crippen molar-refractivity contribution in [3.63, 3.8) is 0 Å². The molecule has 1 aliphatic carbocycles. The number of hydrogen-bond acceptors (Lipinski definition) is 5. The Morgan fingerprint density at radius 3 is 2.82 bits per heavy atom. The molecule has 3 atom stereocenters. The number of nitrogens with one attached hydrogen (secondary N) is 1. The monoisotopic (exact) mass is 382 g/mol. The Balaban J connectivity index is 1.99. The Kier molecular flexibility index (Phi) is 4.63. The Bertz CT molecular complexity index is 976. The van der Waals surface area contributed by atoms with E-state index in [0.29, 0.717) is 18.7 Å². The van der Waals surface area contributed by atoms with Gasteiger partial charge in [0.25, 0.3) is 0 Å². The first-order valence-electron chi connectivity index (χ1n) is 9.65. The molecular weight excluding hydrogens is 356 g/mol. The zero-order valence-corrected chi connectivity index (χ0v) is 16.5. The highest BCUT2D eigenvalue weighted by Crippen LogP contribution is 2.49. The summed E-state index contributed by atoms with van der Waals surface area (Å²) < 4.78 is 5.18. The minimum Gasteiger partial charge on any atom is -0.468 e. The van der Waals surface area contributed by atoms with Crippen molar-refractivity contribution in [3.05, 3.63) is 47.2 Å². The number of carbonyl (C=O) groups excluding carboxylic acids is 2. The molecule has 1 fully saturated rings. The number of esters is 1. The van der Waals surface area contributed by atoms with Crippen molar-refractivity contribution in [3.8, 4) is 0 Å². The second-order valence-electron chi connectivity index (χ2n) is 7.89. The molecule has 6 heteroatoms. The van der Waals surface area contributed by atoms with Crippen molar-refractivity contribution < 1.29 is 19.4 Å². The molecule has 1 aliphatic heterocycles. The average molecular weight is 382 g/mol. The number of allylic oxidation sites excluding steroid dienone is 1. The number of Topliss-reactive ketones (excluding diaryl/α,β-unsaturated/α-hetero) is 1. The molecule has 2 aliphatic rings. The number of H-pyrrole nitrogens is 1. The molecule has 2 bridgehead atoms. The number of carbonyl (C=O) groups is 2. The number of para-hydroxylation sites is 1. The topological polar surface area (TPSA) is 82.6 Å². The van der Waals surface area contributed by atoms with E-state index in [-0.39, 0.29) is 30.8 Å². The summed E-state index contributed by atoms with van der Waals surface area (Å²) in [6.07, 6.45) is 2.62. The Hall–Kier alpha value is -2.44. The Morgan fingerprint density at radius 1 is 1.39 bits per heavy atom. The second-order valence-corrected chi connectivity index (χ2v) is 7.89. The summed E-state index contributed by atoms with van der Waals surface area (Å²) in [5.74, 6) is -0.865. The zero-order valence-electron chi connectivity index (χ0n) is 16.5. The molecular formula is C22H26N2O4. The highest BCUT2D eigenvalue weighted by atomic mass is 16.5. The molecule has 0 spiro atoms. The van der Waals surface area contributed by atoms with E-state index in [1.54, 1.807) is 0 Å². The van der Waals surface area contributed by atoms with Gasteiger partial charge in [-0.25, -0.2) is 0 Å². The normalized spacial score (nSPS) is 29.4. The molecule has 28 heavy (non-hydrogen) atoms. The van der Waals surface area contributed by atoms with Gasteiger partial charge in [-0.1, -0.05) is 29.8 Å². The van der Waals surface area contributed by atoms with Gasteiger partial charge in [0.15, 0.2) is 5.78 Å². The van der Waals surface area contributed by atoms with E-state index < -0.39 is 11.4 Å². The number of fused-ring (bicyclic) bond motifs is 5. The van der Waals surface area contributed by atoms with Crippen molar-refractivity contribution in [2.45, 2.75) is 25.8 Å². The van der Waals surface area contributed by atoms with E-state index in [9.17, 15) is 14.7 Å². The van der Waals surface area contributed by atoms with Gasteiger partial charge in [-0.2, -0.15) is 0 Å². The summed E-state index contributed by atoms with van der Waals surface area (Å²) in [5, 5.41) is 11.5. The van der Waals surface area contributed by atoms with E-state index in [1.807, 2.05) is 44.3 Å². The number of likely N-dealkylation sites (tertiary alicyclic amines) is 1. The van der Waals surface area contributed by atoms with E-state index >= 15 is 0 Å². The van der Waals surface area contributed by atoms with Gasteiger partial charge in [-0.3, -0.25) is 14.5 Å². The maximum absolute atomic E-state index is 13.3. The quantitative estimate of drug-likeness (QED) is 0.615. The number of rotatable bonds is 2. The standard InChI is InChI=1S/C22H26N2O4/c1-4-13-11-24(2)19-9-15-14-7-5-6-8-17(14)23-20(15)18(26)10-16(13)22(19,12-25)21(27)28-3/h4-8,16,19,23,25H,9-12H2,1-3H3/t16-,19-,22-/m0/s1. The van der Waals surface area contributed by atoms with Crippen LogP contribution in [0.25, 0.3) is 10.9 Å². The number of aromatic amines is 1. The molecule has 0 saturated carbocycles. The van der Waals surface area contributed by atoms with Crippen molar-refractivity contribution in [2.24, 2.45) is 11.3 Å². The van der Waals surface area contributed by atoms with E-state index in [4.69, 9.17) is 4.74 Å². The van der Waals surface area contributed by atoms with Gasteiger partial charge in [0, 0.05) is 35.8 Å². The first kappa shape index (κ1) is 18.9. The Morgan fingerprint density at radius 2 is 2.14 bits per heavy atom. The minimum absolute atomic E-state index is 0.0275. The molecule has 4 rings (SSSR count). The predicted octanol–water partition coefficient (Wildman–Crippen LogP) is 2.33. The van der Waals surface area contributed by atoms with E-state index in [0.717, 1.165) is 22.0 Å². The lowest BCUT2D eigenvalue weighted by Crippen LogP contribution is -2.63. The molecule has 2 heterocycles.